The topological polar surface area (TPSA) is 26.3 Å². The Morgan fingerprint density at radius 2 is 2.07 bits per heavy atom. The number of carbonyl (C=O) groups is 1. The summed E-state index contributed by atoms with van der Waals surface area (Å²) in [5, 5.41) is 0. The van der Waals surface area contributed by atoms with Gasteiger partial charge in [0.15, 0.2) is 0 Å². The van der Waals surface area contributed by atoms with Crippen molar-refractivity contribution in [2.24, 2.45) is 0 Å². The molecule has 0 atom stereocenters. The predicted octanol–water partition coefficient (Wildman–Crippen LogP) is 3.00. The minimum absolute atomic E-state index is 0.320. The largest absolute Gasteiger partial charge is 0.463 e. The van der Waals surface area contributed by atoms with E-state index < -0.39 is 0 Å². The zero-order chi connectivity index (χ0) is 11.1. The van der Waals surface area contributed by atoms with Crippen LogP contribution in [0.2, 0.25) is 0 Å². The summed E-state index contributed by atoms with van der Waals surface area (Å²) in [6.07, 6.45) is 3.13. The molecule has 0 amide bonds. The molecule has 0 saturated carbocycles. The van der Waals surface area contributed by atoms with Crippen molar-refractivity contribution >= 4 is 23.6 Å². The average Bonchev–Trinajstić information content (AvgIpc) is 2.27. The van der Waals surface area contributed by atoms with Crippen LogP contribution in [0.4, 0.5) is 0 Å². The van der Waals surface area contributed by atoms with Crippen molar-refractivity contribution in [3.8, 4) is 0 Å². The first-order valence-corrected chi connectivity index (χ1v) is 5.29. The Balaban J connectivity index is 2.60. The molecule has 0 aliphatic heterocycles. The van der Waals surface area contributed by atoms with Gasteiger partial charge in [0, 0.05) is 12.0 Å². The number of hydrogen-bond donors (Lipinski definition) is 0. The van der Waals surface area contributed by atoms with Gasteiger partial charge in [0.2, 0.25) is 0 Å². The molecule has 0 aromatic heterocycles. The Labute approximate surface area is 94.5 Å². The van der Waals surface area contributed by atoms with Gasteiger partial charge in [-0.15, -0.1) is 11.6 Å². The van der Waals surface area contributed by atoms with E-state index in [0.717, 1.165) is 11.1 Å². The highest BCUT2D eigenvalue weighted by molar-refractivity contribution is 6.17. The Kier molecular flexibility index (Phi) is 4.91. The second kappa shape index (κ2) is 6.25. The molecule has 1 rings (SSSR count). The molecule has 0 bridgehead atoms. The van der Waals surface area contributed by atoms with Crippen LogP contribution < -0.4 is 0 Å². The van der Waals surface area contributed by atoms with E-state index in [9.17, 15) is 4.79 Å². The molecule has 0 N–H and O–H groups in total. The highest BCUT2D eigenvalue weighted by atomic mass is 35.5. The van der Waals surface area contributed by atoms with E-state index in [1.54, 1.807) is 13.0 Å². The fourth-order valence-electron chi connectivity index (χ4n) is 1.07. The van der Waals surface area contributed by atoms with Crippen LogP contribution in [0.3, 0.4) is 0 Å². The van der Waals surface area contributed by atoms with Crippen LogP contribution in [-0.2, 0) is 15.4 Å². The van der Waals surface area contributed by atoms with Crippen molar-refractivity contribution in [1.29, 1.82) is 0 Å². The third-order valence-electron chi connectivity index (χ3n) is 1.83. The number of ether oxygens (including phenoxy) is 1. The van der Waals surface area contributed by atoms with Gasteiger partial charge < -0.3 is 4.74 Å². The molecule has 0 aliphatic rings. The minimum atomic E-state index is -0.320. The molecule has 1 aromatic carbocycles. The van der Waals surface area contributed by atoms with Gasteiger partial charge >= 0.3 is 5.97 Å². The second-order valence-electron chi connectivity index (χ2n) is 2.96. The van der Waals surface area contributed by atoms with E-state index in [0.29, 0.717) is 12.5 Å². The van der Waals surface area contributed by atoms with Gasteiger partial charge in [-0.3, -0.25) is 0 Å². The Hall–Kier alpha value is -1.28. The SMILES string of the molecule is CCOC(=O)/C=C\c1ccc(CCl)cc1. The van der Waals surface area contributed by atoms with Gasteiger partial charge in [-0.2, -0.15) is 0 Å². The molecule has 0 heterocycles. The summed E-state index contributed by atoms with van der Waals surface area (Å²) in [6.45, 7) is 2.18. The van der Waals surface area contributed by atoms with E-state index in [4.69, 9.17) is 16.3 Å². The van der Waals surface area contributed by atoms with Crippen molar-refractivity contribution in [2.45, 2.75) is 12.8 Å². The summed E-state index contributed by atoms with van der Waals surface area (Å²) in [6, 6.07) is 7.68. The van der Waals surface area contributed by atoms with Crippen molar-refractivity contribution in [3.05, 3.63) is 41.5 Å². The van der Waals surface area contributed by atoms with Gasteiger partial charge in [-0.1, -0.05) is 24.3 Å². The van der Waals surface area contributed by atoms with Crippen LogP contribution in [0.1, 0.15) is 18.1 Å². The number of carbonyl (C=O) groups excluding carboxylic acids is 1. The zero-order valence-corrected chi connectivity index (χ0v) is 9.33. The first-order chi connectivity index (χ1) is 7.26. The van der Waals surface area contributed by atoms with Gasteiger partial charge in [0.25, 0.3) is 0 Å². The highest BCUT2D eigenvalue weighted by Gasteiger charge is 1.94. The molecule has 0 unspecified atom stereocenters. The van der Waals surface area contributed by atoms with Crippen molar-refractivity contribution in [1.82, 2.24) is 0 Å². The second-order valence-corrected chi connectivity index (χ2v) is 3.23. The summed E-state index contributed by atoms with van der Waals surface area (Å²) in [5.74, 6) is 0.181. The normalized spacial score (nSPS) is 10.5. The number of benzene rings is 1. The van der Waals surface area contributed by atoms with Crippen LogP contribution in [0.15, 0.2) is 30.3 Å². The van der Waals surface area contributed by atoms with E-state index >= 15 is 0 Å². The molecule has 80 valence electrons. The summed E-state index contributed by atoms with van der Waals surface area (Å²) >= 11 is 5.66. The molecule has 0 saturated heterocycles. The van der Waals surface area contributed by atoms with Gasteiger partial charge in [-0.05, 0) is 24.1 Å². The Bertz CT molecular complexity index is 341. The summed E-state index contributed by atoms with van der Waals surface area (Å²) in [7, 11) is 0. The average molecular weight is 225 g/mol. The number of esters is 1. The van der Waals surface area contributed by atoms with Crippen LogP contribution in [-0.4, -0.2) is 12.6 Å². The Morgan fingerprint density at radius 1 is 1.40 bits per heavy atom. The smallest absolute Gasteiger partial charge is 0.330 e. The molecule has 0 aliphatic carbocycles. The van der Waals surface area contributed by atoms with Gasteiger partial charge in [0.1, 0.15) is 0 Å². The number of halogens is 1. The summed E-state index contributed by atoms with van der Waals surface area (Å²) in [4.78, 5) is 11.0. The van der Waals surface area contributed by atoms with Crippen molar-refractivity contribution in [2.75, 3.05) is 6.61 Å². The molecule has 0 fully saturated rings. The minimum Gasteiger partial charge on any atom is -0.463 e. The Morgan fingerprint density at radius 3 is 2.60 bits per heavy atom. The molecule has 0 radical (unpaired) electrons. The van der Waals surface area contributed by atoms with Crippen LogP contribution in [0.5, 0.6) is 0 Å². The fraction of sp³-hybridized carbons (Fsp3) is 0.250. The number of rotatable bonds is 4. The molecular weight excluding hydrogens is 212 g/mol. The third-order valence-corrected chi connectivity index (χ3v) is 2.14. The zero-order valence-electron chi connectivity index (χ0n) is 8.57. The maximum Gasteiger partial charge on any atom is 0.330 e. The quantitative estimate of drug-likeness (QED) is 0.447. The lowest BCUT2D eigenvalue weighted by Gasteiger charge is -1.97. The van der Waals surface area contributed by atoms with Crippen molar-refractivity contribution < 1.29 is 9.53 Å². The maximum atomic E-state index is 11.0. The third kappa shape index (κ3) is 4.17. The van der Waals surface area contributed by atoms with E-state index in [2.05, 4.69) is 0 Å². The van der Waals surface area contributed by atoms with E-state index in [1.807, 2.05) is 24.3 Å². The first-order valence-electron chi connectivity index (χ1n) is 4.76. The molecule has 3 heteroatoms. The maximum absolute atomic E-state index is 11.0. The number of alkyl halides is 1. The van der Waals surface area contributed by atoms with Crippen LogP contribution in [0, 0.1) is 0 Å². The molecule has 15 heavy (non-hydrogen) atoms. The lowest BCUT2D eigenvalue weighted by Crippen LogP contribution is -1.98. The summed E-state index contributed by atoms with van der Waals surface area (Å²) in [5.41, 5.74) is 2.02. The summed E-state index contributed by atoms with van der Waals surface area (Å²) < 4.78 is 4.76. The van der Waals surface area contributed by atoms with Crippen LogP contribution in [0.25, 0.3) is 6.08 Å². The highest BCUT2D eigenvalue weighted by Crippen LogP contribution is 2.08. The number of hydrogen-bond acceptors (Lipinski definition) is 2. The van der Waals surface area contributed by atoms with E-state index in [1.165, 1.54) is 6.08 Å². The van der Waals surface area contributed by atoms with Gasteiger partial charge in [-0.25, -0.2) is 4.79 Å². The van der Waals surface area contributed by atoms with E-state index in [-0.39, 0.29) is 5.97 Å². The molecule has 1 aromatic rings. The van der Waals surface area contributed by atoms with Crippen molar-refractivity contribution in [3.63, 3.8) is 0 Å². The van der Waals surface area contributed by atoms with Gasteiger partial charge in [0.05, 0.1) is 6.61 Å². The molecule has 2 nitrogen and oxygen atoms in total. The standard InChI is InChI=1S/C12H13ClO2/c1-2-15-12(14)8-7-10-3-5-11(9-13)6-4-10/h3-8H,2,9H2,1H3/b8-7-. The predicted molar refractivity (Wildman–Crippen MR) is 61.7 cm³/mol. The fourth-order valence-corrected chi connectivity index (χ4v) is 1.25. The molecular formula is C12H13ClO2. The molecule has 0 spiro atoms. The lowest BCUT2D eigenvalue weighted by atomic mass is 10.1. The lowest BCUT2D eigenvalue weighted by molar-refractivity contribution is -0.137. The first kappa shape index (κ1) is 11.8. The monoisotopic (exact) mass is 224 g/mol. The van der Waals surface area contributed by atoms with Crippen LogP contribution >= 0.6 is 11.6 Å².